The summed E-state index contributed by atoms with van der Waals surface area (Å²) in [6, 6.07) is 4.59. The fourth-order valence-electron chi connectivity index (χ4n) is 6.31. The predicted molar refractivity (Wildman–Crippen MR) is 176 cm³/mol. The lowest BCUT2D eigenvalue weighted by Gasteiger charge is -2.29. The molecule has 47 heavy (non-hydrogen) atoms. The van der Waals surface area contributed by atoms with Gasteiger partial charge >= 0.3 is 5.97 Å². The van der Waals surface area contributed by atoms with Crippen LogP contribution in [0.2, 0.25) is 5.02 Å². The van der Waals surface area contributed by atoms with E-state index < -0.39 is 62.6 Å². The second-order valence-corrected chi connectivity index (χ2v) is 15.4. The molecule has 0 aromatic heterocycles. The molecule has 3 fully saturated rings. The number of unbranched alkanes of at least 4 members (excludes halogenated alkanes) is 1. The summed E-state index contributed by atoms with van der Waals surface area (Å²) >= 11 is 6.49. The average molecular weight is 690 g/mol. The van der Waals surface area contributed by atoms with Crippen molar-refractivity contribution in [1.82, 2.24) is 14.9 Å². The smallest absolute Gasteiger partial charge is 0.306 e. The second kappa shape index (κ2) is 14.9. The summed E-state index contributed by atoms with van der Waals surface area (Å²) in [7, 11) is -3.85. The Balaban J connectivity index is 1.40. The summed E-state index contributed by atoms with van der Waals surface area (Å²) in [4.78, 5) is 55.8. The SMILES string of the molecule is C=C[C@@H]1C[C@]1(NC(=O)[C@@H]1C[C@@H]2CN1C(=O)[C@H](CCCC)CC(=O)OCCC/C=C/c1ccc(Cl)c(c1)CO2)C(=O)NS(=O)(=O)C1CC1. The Kier molecular flexibility index (Phi) is 11.1. The van der Waals surface area contributed by atoms with Crippen LogP contribution in [0.1, 0.15) is 82.3 Å². The van der Waals surface area contributed by atoms with Crippen LogP contribution in [0.5, 0.6) is 0 Å². The lowest BCUT2D eigenvalue weighted by molar-refractivity contribution is -0.150. The van der Waals surface area contributed by atoms with Gasteiger partial charge in [-0.05, 0) is 61.8 Å². The monoisotopic (exact) mass is 689 g/mol. The zero-order chi connectivity index (χ0) is 33.8. The first-order valence-electron chi connectivity index (χ1n) is 16.5. The minimum Gasteiger partial charge on any atom is -0.466 e. The van der Waals surface area contributed by atoms with Gasteiger partial charge < -0.3 is 19.7 Å². The molecule has 2 aliphatic carbocycles. The highest BCUT2D eigenvalue weighted by atomic mass is 35.5. The van der Waals surface area contributed by atoms with Crippen molar-refractivity contribution in [2.24, 2.45) is 11.8 Å². The van der Waals surface area contributed by atoms with Crippen molar-refractivity contribution in [3.63, 3.8) is 0 Å². The van der Waals surface area contributed by atoms with Crippen LogP contribution in [0, 0.1) is 11.8 Å². The van der Waals surface area contributed by atoms with Crippen LogP contribution in [0.15, 0.2) is 36.9 Å². The normalized spacial score (nSPS) is 29.2. The molecule has 5 atom stereocenters. The molecule has 0 spiro atoms. The Morgan fingerprint density at radius 2 is 2.02 bits per heavy atom. The van der Waals surface area contributed by atoms with Gasteiger partial charge in [0.05, 0.1) is 31.0 Å². The number of cyclic esters (lactones) is 1. The highest BCUT2D eigenvalue weighted by Crippen LogP contribution is 2.45. The van der Waals surface area contributed by atoms with Gasteiger partial charge in [-0.25, -0.2) is 8.42 Å². The first-order chi connectivity index (χ1) is 22.5. The lowest BCUT2D eigenvalue weighted by Crippen LogP contribution is -2.57. The molecule has 5 rings (SSSR count). The van der Waals surface area contributed by atoms with Crippen molar-refractivity contribution in [3.8, 4) is 0 Å². The maximum atomic E-state index is 14.1. The van der Waals surface area contributed by atoms with Crippen LogP contribution in [0.25, 0.3) is 6.08 Å². The van der Waals surface area contributed by atoms with Crippen molar-refractivity contribution in [2.45, 2.75) is 101 Å². The van der Waals surface area contributed by atoms with Crippen molar-refractivity contribution in [3.05, 3.63) is 53.1 Å². The third-order valence-corrected chi connectivity index (χ3v) is 11.6. The number of sulfonamides is 1. The van der Waals surface area contributed by atoms with Gasteiger partial charge in [-0.1, -0.05) is 55.7 Å². The van der Waals surface area contributed by atoms with Crippen LogP contribution in [0.4, 0.5) is 0 Å². The number of hydrogen-bond acceptors (Lipinski definition) is 8. The summed E-state index contributed by atoms with van der Waals surface area (Å²) in [5.41, 5.74) is 0.196. The van der Waals surface area contributed by atoms with Gasteiger partial charge in [-0.15, -0.1) is 6.58 Å². The fourth-order valence-corrected chi connectivity index (χ4v) is 7.85. The van der Waals surface area contributed by atoms with Crippen molar-refractivity contribution in [1.29, 1.82) is 0 Å². The summed E-state index contributed by atoms with van der Waals surface area (Å²) in [6.45, 7) is 6.21. The quantitative estimate of drug-likeness (QED) is 0.292. The maximum absolute atomic E-state index is 14.1. The van der Waals surface area contributed by atoms with Gasteiger partial charge in [-0.3, -0.25) is 23.9 Å². The highest BCUT2D eigenvalue weighted by molar-refractivity contribution is 7.91. The Morgan fingerprint density at radius 1 is 1.23 bits per heavy atom. The molecule has 0 unspecified atom stereocenters. The van der Waals surface area contributed by atoms with E-state index in [1.165, 1.54) is 11.0 Å². The average Bonchev–Trinajstić information content (AvgIpc) is 3.96. The van der Waals surface area contributed by atoms with Crippen LogP contribution in [-0.4, -0.2) is 73.1 Å². The topological polar surface area (TPSA) is 148 Å². The molecule has 1 aromatic carbocycles. The molecule has 0 radical (unpaired) electrons. The number of halogens is 1. The number of carbonyl (C=O) groups excluding carboxylic acids is 4. The van der Waals surface area contributed by atoms with Gasteiger partial charge in [0.2, 0.25) is 21.8 Å². The molecular formula is C34H44ClN3O8S. The zero-order valence-corrected chi connectivity index (χ0v) is 28.3. The number of nitrogens with zero attached hydrogens (tertiary/aromatic N) is 1. The Bertz CT molecular complexity index is 1530. The summed E-state index contributed by atoms with van der Waals surface area (Å²) < 4.78 is 39.0. The largest absolute Gasteiger partial charge is 0.466 e. The zero-order valence-electron chi connectivity index (χ0n) is 26.7. The summed E-state index contributed by atoms with van der Waals surface area (Å²) in [6.07, 6.45) is 9.38. The standard InChI is InChI=1S/C34H44ClN3O8S/c1-3-5-10-23-17-30(39)45-15-8-6-7-9-22-11-14-28(35)24(16-22)21-46-26-18-29(38(20-26)32(23)41)31(40)36-34(19-25(34)4-2)33(42)37-47(43,44)27-12-13-27/h4,7,9,11,14,16,23,25-27,29H,2-3,5-6,8,10,12-13,15,17-21H2,1H3,(H,36,40)(H,37,42)/b9-7+/t23-,25-,26-,29+,34-/m1/s1. The molecule has 1 aromatic rings. The number of rotatable bonds is 9. The Morgan fingerprint density at radius 3 is 2.72 bits per heavy atom. The number of esters is 1. The minimum absolute atomic E-state index is 0.0892. The summed E-state index contributed by atoms with van der Waals surface area (Å²) in [5, 5.41) is 2.71. The van der Waals surface area contributed by atoms with E-state index in [1.54, 1.807) is 6.07 Å². The van der Waals surface area contributed by atoms with E-state index in [-0.39, 0.29) is 44.9 Å². The fraction of sp³-hybridized carbons (Fsp3) is 0.588. The first-order valence-corrected chi connectivity index (χ1v) is 18.4. The highest BCUT2D eigenvalue weighted by Gasteiger charge is 2.62. The molecule has 4 bridgehead atoms. The van der Waals surface area contributed by atoms with E-state index in [0.29, 0.717) is 43.5 Å². The van der Waals surface area contributed by atoms with Crippen molar-refractivity contribution < 1.29 is 37.1 Å². The molecule has 11 nitrogen and oxygen atoms in total. The van der Waals surface area contributed by atoms with Crippen LogP contribution < -0.4 is 10.0 Å². The van der Waals surface area contributed by atoms with Gasteiger partial charge in [0.15, 0.2) is 0 Å². The number of hydrogen-bond donors (Lipinski definition) is 2. The van der Waals surface area contributed by atoms with Gasteiger partial charge in [-0.2, -0.15) is 0 Å². The minimum atomic E-state index is -3.85. The van der Waals surface area contributed by atoms with Crippen LogP contribution >= 0.6 is 11.6 Å². The molecule has 256 valence electrons. The van der Waals surface area contributed by atoms with E-state index in [1.807, 2.05) is 31.2 Å². The van der Waals surface area contributed by atoms with E-state index >= 15 is 0 Å². The van der Waals surface area contributed by atoms with Crippen molar-refractivity contribution >= 4 is 51.4 Å². The number of benzene rings is 1. The first kappa shape index (κ1) is 35.1. The number of fused-ring (bicyclic) bond motifs is 4. The van der Waals surface area contributed by atoms with E-state index in [0.717, 1.165) is 17.5 Å². The number of carbonyl (C=O) groups is 4. The lowest BCUT2D eigenvalue weighted by atomic mass is 9.96. The molecule has 2 saturated carbocycles. The molecule has 2 N–H and O–H groups in total. The molecule has 13 heteroatoms. The Hall–Kier alpha value is -3.22. The number of amides is 3. The molecular weight excluding hydrogens is 646 g/mol. The van der Waals surface area contributed by atoms with E-state index in [2.05, 4.69) is 16.6 Å². The number of ether oxygens (including phenoxy) is 2. The van der Waals surface area contributed by atoms with Crippen LogP contribution in [-0.2, 0) is 45.3 Å². The third kappa shape index (κ3) is 8.45. The van der Waals surface area contributed by atoms with Gasteiger partial charge in [0.25, 0.3) is 5.91 Å². The summed E-state index contributed by atoms with van der Waals surface area (Å²) in [5.74, 6) is -3.42. The molecule has 4 aliphatic rings. The van der Waals surface area contributed by atoms with Crippen molar-refractivity contribution in [2.75, 3.05) is 13.2 Å². The third-order valence-electron chi connectivity index (χ3n) is 9.40. The van der Waals surface area contributed by atoms with Gasteiger partial charge in [0.1, 0.15) is 11.6 Å². The van der Waals surface area contributed by atoms with E-state index in [9.17, 15) is 27.6 Å². The number of allylic oxidation sites excluding steroid dienone is 1. The second-order valence-electron chi connectivity index (χ2n) is 13.0. The van der Waals surface area contributed by atoms with Gasteiger partial charge in [0, 0.05) is 29.8 Å². The number of nitrogens with one attached hydrogen (secondary N) is 2. The molecule has 2 heterocycles. The Labute approximate surface area is 281 Å². The van der Waals surface area contributed by atoms with E-state index in [4.69, 9.17) is 21.1 Å². The maximum Gasteiger partial charge on any atom is 0.306 e. The molecule has 3 amide bonds. The molecule has 2 aliphatic heterocycles. The molecule has 1 saturated heterocycles. The van der Waals surface area contributed by atoms with Crippen LogP contribution in [0.3, 0.4) is 0 Å². The predicted octanol–water partition coefficient (Wildman–Crippen LogP) is 4.04.